The highest BCUT2D eigenvalue weighted by atomic mass is 16.3. The standard InChI is InChI=1S/C16H24N2O2/c1-2-16(9-10-16)12-17-15(20)18-14(8-11-19)13-6-4-3-5-7-13/h3-7,14,19H,2,8-12H2,1H3,(H2,17,18,20)/t14-/m1/s1. The Morgan fingerprint density at radius 2 is 2.05 bits per heavy atom. The SMILES string of the molecule is CCC1(CNC(=O)N[C@H](CCO)c2ccccc2)CC1. The van der Waals surface area contributed by atoms with Gasteiger partial charge in [0.15, 0.2) is 0 Å². The van der Waals surface area contributed by atoms with Crippen LogP contribution in [0.1, 0.15) is 44.2 Å². The van der Waals surface area contributed by atoms with E-state index >= 15 is 0 Å². The third kappa shape index (κ3) is 3.97. The zero-order valence-corrected chi connectivity index (χ0v) is 12.1. The molecule has 3 N–H and O–H groups in total. The van der Waals surface area contributed by atoms with Crippen molar-refractivity contribution in [3.05, 3.63) is 35.9 Å². The molecule has 1 aliphatic carbocycles. The van der Waals surface area contributed by atoms with E-state index in [1.807, 2.05) is 30.3 Å². The largest absolute Gasteiger partial charge is 0.396 e. The molecule has 2 amide bonds. The molecule has 4 nitrogen and oxygen atoms in total. The van der Waals surface area contributed by atoms with Gasteiger partial charge in [0.25, 0.3) is 0 Å². The van der Waals surface area contributed by atoms with E-state index in [1.54, 1.807) is 0 Å². The molecule has 1 aliphatic rings. The molecule has 20 heavy (non-hydrogen) atoms. The fourth-order valence-electron chi connectivity index (χ4n) is 2.45. The van der Waals surface area contributed by atoms with E-state index < -0.39 is 0 Å². The molecule has 0 aromatic heterocycles. The van der Waals surface area contributed by atoms with Crippen LogP contribution < -0.4 is 10.6 Å². The molecule has 110 valence electrons. The first-order valence-corrected chi connectivity index (χ1v) is 7.39. The number of carbonyl (C=O) groups excluding carboxylic acids is 1. The number of hydrogen-bond donors (Lipinski definition) is 3. The molecule has 0 unspecified atom stereocenters. The van der Waals surface area contributed by atoms with Crippen LogP contribution in [-0.2, 0) is 0 Å². The van der Waals surface area contributed by atoms with Crippen LogP contribution in [0.5, 0.6) is 0 Å². The highest BCUT2D eigenvalue weighted by Gasteiger charge is 2.40. The summed E-state index contributed by atoms with van der Waals surface area (Å²) < 4.78 is 0. The van der Waals surface area contributed by atoms with Crippen molar-refractivity contribution in [2.24, 2.45) is 5.41 Å². The fourth-order valence-corrected chi connectivity index (χ4v) is 2.45. The summed E-state index contributed by atoms with van der Waals surface area (Å²) in [5.74, 6) is 0. The summed E-state index contributed by atoms with van der Waals surface area (Å²) in [5.41, 5.74) is 1.37. The van der Waals surface area contributed by atoms with Gasteiger partial charge in [0, 0.05) is 13.2 Å². The number of urea groups is 1. The molecule has 1 aromatic carbocycles. The van der Waals surface area contributed by atoms with E-state index in [9.17, 15) is 4.79 Å². The summed E-state index contributed by atoms with van der Waals surface area (Å²) in [6, 6.07) is 9.47. The van der Waals surface area contributed by atoms with Crippen molar-refractivity contribution < 1.29 is 9.90 Å². The Bertz CT molecular complexity index is 429. The Hall–Kier alpha value is -1.55. The Morgan fingerprint density at radius 3 is 2.60 bits per heavy atom. The lowest BCUT2D eigenvalue weighted by atomic mass is 10.0. The van der Waals surface area contributed by atoms with Crippen molar-refractivity contribution in [2.75, 3.05) is 13.2 Å². The van der Waals surface area contributed by atoms with Crippen molar-refractivity contribution in [2.45, 2.75) is 38.6 Å². The van der Waals surface area contributed by atoms with Crippen molar-refractivity contribution in [1.29, 1.82) is 0 Å². The molecule has 1 aromatic rings. The van der Waals surface area contributed by atoms with Gasteiger partial charge in [-0.2, -0.15) is 0 Å². The minimum Gasteiger partial charge on any atom is -0.396 e. The van der Waals surface area contributed by atoms with Gasteiger partial charge in [-0.05, 0) is 36.7 Å². The van der Waals surface area contributed by atoms with Gasteiger partial charge in [-0.3, -0.25) is 0 Å². The second-order valence-electron chi connectivity index (χ2n) is 5.66. The molecular formula is C16H24N2O2. The first-order valence-electron chi connectivity index (χ1n) is 7.39. The highest BCUT2D eigenvalue weighted by Crippen LogP contribution is 2.47. The Labute approximate surface area is 120 Å². The lowest BCUT2D eigenvalue weighted by Crippen LogP contribution is -2.40. The lowest BCUT2D eigenvalue weighted by molar-refractivity contribution is 0.226. The molecule has 0 spiro atoms. The normalized spacial score (nSPS) is 17.3. The van der Waals surface area contributed by atoms with Gasteiger partial charge in [0.1, 0.15) is 0 Å². The lowest BCUT2D eigenvalue weighted by Gasteiger charge is -2.20. The predicted octanol–water partition coefficient (Wildman–Crippen LogP) is 2.60. The number of benzene rings is 1. The van der Waals surface area contributed by atoms with Gasteiger partial charge in [-0.1, -0.05) is 37.3 Å². The molecule has 2 rings (SSSR count). The third-order valence-corrected chi connectivity index (χ3v) is 4.26. The smallest absolute Gasteiger partial charge is 0.315 e. The Balaban J connectivity index is 1.86. The predicted molar refractivity (Wildman–Crippen MR) is 79.4 cm³/mol. The van der Waals surface area contributed by atoms with Gasteiger partial charge >= 0.3 is 6.03 Å². The Kier molecular flexibility index (Phi) is 5.01. The maximum Gasteiger partial charge on any atom is 0.315 e. The minimum atomic E-state index is -0.146. The van der Waals surface area contributed by atoms with Gasteiger partial charge in [0.2, 0.25) is 0 Å². The van der Waals surface area contributed by atoms with Gasteiger partial charge in [-0.15, -0.1) is 0 Å². The van der Waals surface area contributed by atoms with Crippen LogP contribution in [0.25, 0.3) is 0 Å². The number of carbonyl (C=O) groups is 1. The van der Waals surface area contributed by atoms with E-state index in [2.05, 4.69) is 17.6 Å². The zero-order valence-electron chi connectivity index (χ0n) is 12.1. The molecular weight excluding hydrogens is 252 g/mol. The van der Waals surface area contributed by atoms with Crippen molar-refractivity contribution in [3.8, 4) is 0 Å². The zero-order chi connectivity index (χ0) is 14.4. The van der Waals surface area contributed by atoms with E-state index in [4.69, 9.17) is 5.11 Å². The fraction of sp³-hybridized carbons (Fsp3) is 0.562. The van der Waals surface area contributed by atoms with Gasteiger partial charge in [-0.25, -0.2) is 4.79 Å². The maximum absolute atomic E-state index is 12.0. The van der Waals surface area contributed by atoms with E-state index in [0.717, 1.165) is 18.5 Å². The van der Waals surface area contributed by atoms with Crippen LogP contribution in [0.4, 0.5) is 4.79 Å². The molecule has 0 radical (unpaired) electrons. The molecule has 0 bridgehead atoms. The van der Waals surface area contributed by atoms with Crippen LogP contribution in [-0.4, -0.2) is 24.3 Å². The van der Waals surface area contributed by atoms with E-state index in [1.165, 1.54) is 12.8 Å². The molecule has 1 saturated carbocycles. The number of aliphatic hydroxyl groups excluding tert-OH is 1. The van der Waals surface area contributed by atoms with Crippen LogP contribution in [0, 0.1) is 5.41 Å². The summed E-state index contributed by atoms with van der Waals surface area (Å²) in [4.78, 5) is 12.0. The summed E-state index contributed by atoms with van der Waals surface area (Å²) in [6.45, 7) is 2.97. The average molecular weight is 276 g/mol. The number of amides is 2. The molecule has 4 heteroatoms. The molecule has 0 heterocycles. The quantitative estimate of drug-likeness (QED) is 0.717. The summed E-state index contributed by atoms with van der Waals surface area (Å²) in [6.07, 6.45) is 4.06. The average Bonchev–Trinajstić information content (AvgIpc) is 3.26. The third-order valence-electron chi connectivity index (χ3n) is 4.26. The molecule has 0 saturated heterocycles. The van der Waals surface area contributed by atoms with Gasteiger partial charge < -0.3 is 15.7 Å². The van der Waals surface area contributed by atoms with E-state index in [0.29, 0.717) is 11.8 Å². The topological polar surface area (TPSA) is 61.4 Å². The number of rotatable bonds is 7. The monoisotopic (exact) mass is 276 g/mol. The second kappa shape index (κ2) is 6.75. The van der Waals surface area contributed by atoms with Crippen LogP contribution in [0.15, 0.2) is 30.3 Å². The molecule has 1 atom stereocenters. The first kappa shape index (κ1) is 14.9. The van der Waals surface area contributed by atoms with Crippen LogP contribution in [0.2, 0.25) is 0 Å². The Morgan fingerprint density at radius 1 is 1.35 bits per heavy atom. The summed E-state index contributed by atoms with van der Waals surface area (Å²) in [7, 11) is 0. The van der Waals surface area contributed by atoms with Crippen molar-refractivity contribution in [3.63, 3.8) is 0 Å². The van der Waals surface area contributed by atoms with Crippen molar-refractivity contribution >= 4 is 6.03 Å². The number of nitrogens with one attached hydrogen (secondary N) is 2. The molecule has 1 fully saturated rings. The van der Waals surface area contributed by atoms with Crippen LogP contribution in [0.3, 0.4) is 0 Å². The van der Waals surface area contributed by atoms with Crippen LogP contribution >= 0.6 is 0 Å². The van der Waals surface area contributed by atoms with E-state index in [-0.39, 0.29) is 18.7 Å². The minimum absolute atomic E-state index is 0.0543. The highest BCUT2D eigenvalue weighted by molar-refractivity contribution is 5.74. The second-order valence-corrected chi connectivity index (χ2v) is 5.66. The summed E-state index contributed by atoms with van der Waals surface area (Å²) >= 11 is 0. The maximum atomic E-state index is 12.0. The van der Waals surface area contributed by atoms with Crippen molar-refractivity contribution in [1.82, 2.24) is 10.6 Å². The number of hydrogen-bond acceptors (Lipinski definition) is 2. The number of aliphatic hydroxyl groups is 1. The van der Waals surface area contributed by atoms with Gasteiger partial charge in [0.05, 0.1) is 6.04 Å². The summed E-state index contributed by atoms with van der Waals surface area (Å²) in [5, 5.41) is 15.1. The first-order chi connectivity index (χ1) is 9.69. The molecule has 0 aliphatic heterocycles.